The Hall–Kier alpha value is -1.17. The van der Waals surface area contributed by atoms with Gasteiger partial charge in [-0.05, 0) is 18.6 Å². The first-order chi connectivity index (χ1) is 8.60. The number of aliphatic hydroxyl groups excluding tert-OH is 2. The van der Waals surface area contributed by atoms with Crippen LogP contribution >= 0.6 is 11.6 Å². The summed E-state index contributed by atoms with van der Waals surface area (Å²) in [5.41, 5.74) is 1.13. The van der Waals surface area contributed by atoms with Crippen LogP contribution in [0.3, 0.4) is 0 Å². The summed E-state index contributed by atoms with van der Waals surface area (Å²) in [5.74, 6) is -0.384. The first kappa shape index (κ1) is 14.9. The van der Waals surface area contributed by atoms with Crippen LogP contribution in [0.2, 0.25) is 5.15 Å². The number of aryl methyl sites for hydroxylation is 1. The lowest BCUT2D eigenvalue weighted by Crippen LogP contribution is -2.40. The minimum absolute atomic E-state index is 0.260. The van der Waals surface area contributed by atoms with E-state index in [0.717, 1.165) is 18.5 Å². The molecular weight excluding hydrogens is 256 g/mol. The molecule has 0 aliphatic carbocycles. The second-order valence-corrected chi connectivity index (χ2v) is 4.34. The number of halogens is 1. The zero-order valence-corrected chi connectivity index (χ0v) is 10.9. The fraction of sp³-hybridized carbons (Fsp3) is 0.500. The van der Waals surface area contributed by atoms with Crippen LogP contribution in [0.25, 0.3) is 0 Å². The fourth-order valence-electron chi connectivity index (χ4n) is 1.48. The third-order valence-corrected chi connectivity index (χ3v) is 2.59. The Labute approximate surface area is 111 Å². The maximum absolute atomic E-state index is 11.9. The number of nitrogens with zero attached hydrogens (tertiary/aromatic N) is 1. The summed E-state index contributed by atoms with van der Waals surface area (Å²) in [6, 6.07) is 2.46. The average molecular weight is 273 g/mol. The zero-order chi connectivity index (χ0) is 13.5. The number of amides is 1. The molecule has 5 nitrogen and oxygen atoms in total. The number of carbonyl (C=O) groups excluding carboxylic acids is 1. The minimum atomic E-state index is -0.668. The monoisotopic (exact) mass is 272 g/mol. The second-order valence-electron chi connectivity index (χ2n) is 3.96. The van der Waals surface area contributed by atoms with Gasteiger partial charge in [-0.2, -0.15) is 0 Å². The van der Waals surface area contributed by atoms with Gasteiger partial charge in [0.05, 0.1) is 19.3 Å². The van der Waals surface area contributed by atoms with Gasteiger partial charge in [0.25, 0.3) is 5.91 Å². The number of hydrogen-bond donors (Lipinski definition) is 3. The maximum atomic E-state index is 11.9. The molecule has 3 N–H and O–H groups in total. The minimum Gasteiger partial charge on any atom is -0.394 e. The number of rotatable bonds is 6. The highest BCUT2D eigenvalue weighted by molar-refractivity contribution is 6.29. The van der Waals surface area contributed by atoms with Crippen molar-refractivity contribution in [1.82, 2.24) is 10.3 Å². The largest absolute Gasteiger partial charge is 0.394 e. The third kappa shape index (κ3) is 4.25. The number of aromatic nitrogens is 1. The average Bonchev–Trinajstić information content (AvgIpc) is 2.35. The number of hydrogen-bond acceptors (Lipinski definition) is 4. The summed E-state index contributed by atoms with van der Waals surface area (Å²) in [7, 11) is 0. The Morgan fingerprint density at radius 2 is 2.11 bits per heavy atom. The van der Waals surface area contributed by atoms with Gasteiger partial charge in [0.1, 0.15) is 5.15 Å². The van der Waals surface area contributed by atoms with E-state index >= 15 is 0 Å². The smallest absolute Gasteiger partial charge is 0.251 e. The molecule has 18 heavy (non-hydrogen) atoms. The van der Waals surface area contributed by atoms with Gasteiger partial charge in [-0.15, -0.1) is 0 Å². The Bertz CT molecular complexity index is 408. The van der Waals surface area contributed by atoms with Gasteiger partial charge in [-0.1, -0.05) is 24.9 Å². The van der Waals surface area contributed by atoms with Gasteiger partial charge in [0.15, 0.2) is 0 Å². The van der Waals surface area contributed by atoms with Crippen molar-refractivity contribution in [3.05, 3.63) is 28.5 Å². The summed E-state index contributed by atoms with van der Waals surface area (Å²) in [6.45, 7) is 1.38. The molecule has 1 rings (SSSR count). The van der Waals surface area contributed by atoms with Crippen LogP contribution in [0.15, 0.2) is 12.1 Å². The molecule has 0 saturated heterocycles. The van der Waals surface area contributed by atoms with Crippen molar-refractivity contribution in [2.45, 2.75) is 25.8 Å². The lowest BCUT2D eigenvalue weighted by Gasteiger charge is -2.13. The molecule has 6 heteroatoms. The SMILES string of the molecule is CCCc1cc(C(=O)NC(CO)CO)cc(Cl)n1. The number of aliphatic hydroxyl groups is 2. The first-order valence-corrected chi connectivity index (χ1v) is 6.17. The molecule has 0 unspecified atom stereocenters. The summed E-state index contributed by atoms with van der Waals surface area (Å²) in [4.78, 5) is 16.0. The number of nitrogens with one attached hydrogen (secondary N) is 1. The topological polar surface area (TPSA) is 82.5 Å². The molecule has 0 spiro atoms. The standard InChI is InChI=1S/C12H17ClN2O3/c1-2-3-9-4-8(5-11(13)14-9)12(18)15-10(6-16)7-17/h4-5,10,16-17H,2-3,6-7H2,1H3,(H,15,18). The number of pyridine rings is 1. The highest BCUT2D eigenvalue weighted by Gasteiger charge is 2.13. The molecule has 100 valence electrons. The second kappa shape index (κ2) is 7.31. The predicted octanol–water partition coefficient (Wildman–Crippen LogP) is 0.770. The van der Waals surface area contributed by atoms with E-state index in [2.05, 4.69) is 10.3 Å². The molecule has 0 aliphatic heterocycles. The molecule has 0 atom stereocenters. The zero-order valence-electron chi connectivity index (χ0n) is 10.2. The van der Waals surface area contributed by atoms with E-state index in [0.29, 0.717) is 5.56 Å². The molecule has 0 saturated carbocycles. The quantitative estimate of drug-likeness (QED) is 0.668. The Morgan fingerprint density at radius 3 is 2.67 bits per heavy atom. The molecule has 0 aliphatic rings. The molecule has 0 bridgehead atoms. The van der Waals surface area contributed by atoms with Crippen molar-refractivity contribution < 1.29 is 15.0 Å². The first-order valence-electron chi connectivity index (χ1n) is 5.79. The van der Waals surface area contributed by atoms with Gasteiger partial charge in [-0.3, -0.25) is 4.79 Å². The van der Waals surface area contributed by atoms with E-state index < -0.39 is 6.04 Å². The molecule has 0 aromatic carbocycles. The molecule has 1 aromatic rings. The summed E-state index contributed by atoms with van der Waals surface area (Å²) >= 11 is 5.84. The van der Waals surface area contributed by atoms with E-state index in [-0.39, 0.29) is 24.3 Å². The highest BCUT2D eigenvalue weighted by atomic mass is 35.5. The van der Waals surface area contributed by atoms with Crippen LogP contribution in [0.5, 0.6) is 0 Å². The molecule has 0 fully saturated rings. The molecule has 1 amide bonds. The van der Waals surface area contributed by atoms with Crippen molar-refractivity contribution >= 4 is 17.5 Å². The molecule has 0 radical (unpaired) electrons. The third-order valence-electron chi connectivity index (χ3n) is 2.39. The predicted molar refractivity (Wildman–Crippen MR) is 68.7 cm³/mol. The van der Waals surface area contributed by atoms with Crippen molar-refractivity contribution in [2.75, 3.05) is 13.2 Å². The van der Waals surface area contributed by atoms with Crippen molar-refractivity contribution in [3.63, 3.8) is 0 Å². The molecule has 1 heterocycles. The summed E-state index contributed by atoms with van der Waals surface area (Å²) in [5, 5.41) is 20.6. The lowest BCUT2D eigenvalue weighted by molar-refractivity contribution is 0.0879. The number of carbonyl (C=O) groups is 1. The van der Waals surface area contributed by atoms with Crippen LogP contribution in [0, 0.1) is 0 Å². The van der Waals surface area contributed by atoms with Crippen molar-refractivity contribution in [2.24, 2.45) is 0 Å². The van der Waals surface area contributed by atoms with Gasteiger partial charge in [-0.25, -0.2) is 4.98 Å². The maximum Gasteiger partial charge on any atom is 0.251 e. The van der Waals surface area contributed by atoms with E-state index in [1.165, 1.54) is 6.07 Å². The van der Waals surface area contributed by atoms with Gasteiger partial charge in [0.2, 0.25) is 0 Å². The van der Waals surface area contributed by atoms with E-state index in [4.69, 9.17) is 21.8 Å². The van der Waals surface area contributed by atoms with Crippen LogP contribution in [0.4, 0.5) is 0 Å². The lowest BCUT2D eigenvalue weighted by atomic mass is 10.1. The normalized spacial score (nSPS) is 10.7. The summed E-state index contributed by atoms with van der Waals surface area (Å²) in [6.07, 6.45) is 1.65. The Kier molecular flexibility index (Phi) is 6.04. The molecule has 1 aromatic heterocycles. The van der Waals surface area contributed by atoms with E-state index in [1.807, 2.05) is 6.92 Å². The highest BCUT2D eigenvalue weighted by Crippen LogP contribution is 2.12. The van der Waals surface area contributed by atoms with E-state index in [9.17, 15) is 4.79 Å². The van der Waals surface area contributed by atoms with Gasteiger partial charge in [0, 0.05) is 11.3 Å². The van der Waals surface area contributed by atoms with Crippen LogP contribution in [0.1, 0.15) is 29.4 Å². The Morgan fingerprint density at radius 1 is 1.44 bits per heavy atom. The van der Waals surface area contributed by atoms with Crippen LogP contribution in [-0.4, -0.2) is 40.4 Å². The van der Waals surface area contributed by atoms with E-state index in [1.54, 1.807) is 6.07 Å². The molecular formula is C12H17ClN2O3. The van der Waals surface area contributed by atoms with Crippen molar-refractivity contribution in [1.29, 1.82) is 0 Å². The fourth-order valence-corrected chi connectivity index (χ4v) is 1.71. The van der Waals surface area contributed by atoms with Gasteiger partial charge >= 0.3 is 0 Å². The van der Waals surface area contributed by atoms with Crippen LogP contribution in [-0.2, 0) is 6.42 Å². The van der Waals surface area contributed by atoms with Gasteiger partial charge < -0.3 is 15.5 Å². The van der Waals surface area contributed by atoms with Crippen LogP contribution < -0.4 is 5.32 Å². The Balaban J connectivity index is 2.84. The summed E-state index contributed by atoms with van der Waals surface area (Å²) < 4.78 is 0. The van der Waals surface area contributed by atoms with Crippen molar-refractivity contribution in [3.8, 4) is 0 Å².